The van der Waals surface area contributed by atoms with E-state index >= 15 is 0 Å². The Kier molecular flexibility index (Phi) is 6.98. The number of carbonyl (C=O) groups is 2. The van der Waals surface area contributed by atoms with Gasteiger partial charge in [0.25, 0.3) is 5.91 Å². The van der Waals surface area contributed by atoms with Crippen LogP contribution < -0.4 is 10.1 Å². The summed E-state index contributed by atoms with van der Waals surface area (Å²) in [5, 5.41) is 2.73. The molecule has 0 saturated carbocycles. The van der Waals surface area contributed by atoms with Gasteiger partial charge in [-0.25, -0.2) is 0 Å². The van der Waals surface area contributed by atoms with Gasteiger partial charge in [0.15, 0.2) is 0 Å². The molecule has 1 amide bonds. The molecule has 0 fully saturated rings. The largest absolute Gasteiger partial charge is 0.497 e. The third kappa shape index (κ3) is 5.93. The topological polar surface area (TPSA) is 73.9 Å². The second kappa shape index (κ2) is 9.44. The second-order valence-electron chi connectivity index (χ2n) is 5.28. The van der Waals surface area contributed by atoms with E-state index in [2.05, 4.69) is 10.1 Å². The van der Waals surface area contributed by atoms with Crippen molar-refractivity contribution in [3.05, 3.63) is 60.2 Å². The molecule has 0 aromatic heterocycles. The zero-order valence-corrected chi connectivity index (χ0v) is 14.2. The molecular formula is C19H21NO5. The molecule has 0 bridgehead atoms. The highest BCUT2D eigenvalue weighted by Gasteiger charge is 2.23. The first-order chi connectivity index (χ1) is 12.1. The number of rotatable bonds is 8. The summed E-state index contributed by atoms with van der Waals surface area (Å²) in [6.07, 6.45) is -1.11. The summed E-state index contributed by atoms with van der Waals surface area (Å²) >= 11 is 0. The number of hydrogen-bond donors (Lipinski definition) is 1. The number of benzene rings is 2. The number of hydrogen-bond acceptors (Lipinski definition) is 5. The van der Waals surface area contributed by atoms with Crippen molar-refractivity contribution in [1.82, 2.24) is 0 Å². The maximum Gasteiger partial charge on any atom is 0.308 e. The lowest BCUT2D eigenvalue weighted by atomic mass is 10.2. The van der Waals surface area contributed by atoms with Crippen molar-refractivity contribution < 1.29 is 23.8 Å². The Balaban J connectivity index is 2.01. The van der Waals surface area contributed by atoms with Crippen LogP contribution in [0.15, 0.2) is 54.6 Å². The van der Waals surface area contributed by atoms with Gasteiger partial charge in [-0.15, -0.1) is 0 Å². The summed E-state index contributed by atoms with van der Waals surface area (Å²) < 4.78 is 15.4. The first kappa shape index (κ1) is 18.5. The molecule has 0 aliphatic rings. The fraction of sp³-hybridized carbons (Fsp3) is 0.263. The minimum Gasteiger partial charge on any atom is -0.497 e. The maximum absolute atomic E-state index is 12.4. The number of para-hydroxylation sites is 1. The first-order valence-corrected chi connectivity index (χ1v) is 7.79. The summed E-state index contributed by atoms with van der Waals surface area (Å²) in [6, 6.07) is 16.3. The molecule has 0 aliphatic carbocycles. The van der Waals surface area contributed by atoms with Gasteiger partial charge in [-0.05, 0) is 29.8 Å². The second-order valence-corrected chi connectivity index (χ2v) is 5.28. The maximum atomic E-state index is 12.4. The number of amides is 1. The van der Waals surface area contributed by atoms with E-state index in [4.69, 9.17) is 9.47 Å². The number of nitrogens with one attached hydrogen (secondary N) is 1. The smallest absolute Gasteiger partial charge is 0.308 e. The molecule has 0 heterocycles. The summed E-state index contributed by atoms with van der Waals surface area (Å²) in [5.41, 5.74) is 1.50. The number of anilines is 1. The lowest BCUT2D eigenvalue weighted by molar-refractivity contribution is -0.148. The molecule has 0 radical (unpaired) electrons. The van der Waals surface area contributed by atoms with E-state index in [0.29, 0.717) is 5.69 Å². The third-order valence-electron chi connectivity index (χ3n) is 3.52. The highest BCUT2D eigenvalue weighted by molar-refractivity contribution is 5.96. The van der Waals surface area contributed by atoms with Gasteiger partial charge in [-0.2, -0.15) is 0 Å². The van der Waals surface area contributed by atoms with Gasteiger partial charge in [0.2, 0.25) is 0 Å². The minimum absolute atomic E-state index is 0.161. The molecule has 0 spiro atoms. The standard InChI is InChI=1S/C19H21NO5/c1-23-16-10-8-14(9-11-16)13-25-17(12-18(21)24-2)19(22)20-15-6-4-3-5-7-15/h3-11,17H,12-13H2,1-2H3,(H,20,22)/t17-/m0/s1. The average Bonchev–Trinajstić information content (AvgIpc) is 2.66. The molecule has 2 aromatic rings. The third-order valence-corrected chi connectivity index (χ3v) is 3.52. The molecule has 0 saturated heterocycles. The van der Waals surface area contributed by atoms with Crippen molar-refractivity contribution in [2.24, 2.45) is 0 Å². The zero-order chi connectivity index (χ0) is 18.1. The van der Waals surface area contributed by atoms with Crippen LogP contribution in [-0.2, 0) is 25.7 Å². The Morgan fingerprint density at radius 2 is 1.68 bits per heavy atom. The Morgan fingerprint density at radius 1 is 1.00 bits per heavy atom. The molecule has 0 unspecified atom stereocenters. The molecular weight excluding hydrogens is 322 g/mol. The molecule has 2 aromatic carbocycles. The van der Waals surface area contributed by atoms with Gasteiger partial charge < -0.3 is 19.5 Å². The van der Waals surface area contributed by atoms with Gasteiger partial charge >= 0.3 is 5.97 Å². The summed E-state index contributed by atoms with van der Waals surface area (Å²) in [4.78, 5) is 24.0. The van der Waals surface area contributed by atoms with E-state index in [9.17, 15) is 9.59 Å². The molecule has 2 rings (SSSR count). The molecule has 6 nitrogen and oxygen atoms in total. The van der Waals surface area contributed by atoms with Crippen molar-refractivity contribution >= 4 is 17.6 Å². The lowest BCUT2D eigenvalue weighted by Crippen LogP contribution is -2.33. The highest BCUT2D eigenvalue weighted by Crippen LogP contribution is 2.14. The van der Waals surface area contributed by atoms with Crippen LogP contribution in [0.1, 0.15) is 12.0 Å². The van der Waals surface area contributed by atoms with Crippen molar-refractivity contribution in [3.63, 3.8) is 0 Å². The minimum atomic E-state index is -0.949. The van der Waals surface area contributed by atoms with Crippen LogP contribution in [0.2, 0.25) is 0 Å². The molecule has 1 N–H and O–H groups in total. The van der Waals surface area contributed by atoms with Gasteiger partial charge in [0.1, 0.15) is 11.9 Å². The van der Waals surface area contributed by atoms with Gasteiger partial charge in [-0.3, -0.25) is 9.59 Å². The van der Waals surface area contributed by atoms with E-state index in [-0.39, 0.29) is 13.0 Å². The van der Waals surface area contributed by atoms with Crippen LogP contribution in [0.3, 0.4) is 0 Å². The highest BCUT2D eigenvalue weighted by atomic mass is 16.5. The zero-order valence-electron chi connectivity index (χ0n) is 14.2. The predicted octanol–water partition coefficient (Wildman–Crippen LogP) is 2.78. The molecule has 25 heavy (non-hydrogen) atoms. The number of carbonyl (C=O) groups excluding carboxylic acids is 2. The number of esters is 1. The number of methoxy groups -OCH3 is 2. The summed E-state index contributed by atoms with van der Waals surface area (Å²) in [6.45, 7) is 0.188. The quantitative estimate of drug-likeness (QED) is 0.746. The van der Waals surface area contributed by atoms with E-state index in [1.165, 1.54) is 7.11 Å². The summed E-state index contributed by atoms with van der Waals surface area (Å²) in [7, 11) is 2.86. The monoisotopic (exact) mass is 343 g/mol. The molecule has 1 atom stereocenters. The van der Waals surface area contributed by atoms with Crippen LogP contribution in [0, 0.1) is 0 Å². The van der Waals surface area contributed by atoms with Crippen molar-refractivity contribution in [2.75, 3.05) is 19.5 Å². The predicted molar refractivity (Wildman–Crippen MR) is 93.3 cm³/mol. The number of ether oxygens (including phenoxy) is 3. The molecule has 6 heteroatoms. The van der Waals surface area contributed by atoms with Gasteiger partial charge in [-0.1, -0.05) is 30.3 Å². The van der Waals surface area contributed by atoms with Crippen LogP contribution in [-0.4, -0.2) is 32.2 Å². The van der Waals surface area contributed by atoms with Gasteiger partial charge in [0.05, 0.1) is 27.2 Å². The van der Waals surface area contributed by atoms with Crippen LogP contribution >= 0.6 is 0 Å². The average molecular weight is 343 g/mol. The van der Waals surface area contributed by atoms with E-state index < -0.39 is 18.0 Å². The van der Waals surface area contributed by atoms with Crippen LogP contribution in [0.5, 0.6) is 5.75 Å². The van der Waals surface area contributed by atoms with E-state index in [1.807, 2.05) is 30.3 Å². The van der Waals surface area contributed by atoms with Gasteiger partial charge in [0, 0.05) is 5.69 Å². The molecule has 0 aliphatic heterocycles. The fourth-order valence-electron chi connectivity index (χ4n) is 2.12. The lowest BCUT2D eigenvalue weighted by Gasteiger charge is -2.17. The first-order valence-electron chi connectivity index (χ1n) is 7.79. The normalized spacial score (nSPS) is 11.4. The Bertz CT molecular complexity index is 685. The van der Waals surface area contributed by atoms with Crippen molar-refractivity contribution in [1.29, 1.82) is 0 Å². The van der Waals surface area contributed by atoms with Crippen LogP contribution in [0.4, 0.5) is 5.69 Å². The van der Waals surface area contributed by atoms with E-state index in [1.54, 1.807) is 31.4 Å². The van der Waals surface area contributed by atoms with Crippen LogP contribution in [0.25, 0.3) is 0 Å². The van der Waals surface area contributed by atoms with Crippen molar-refractivity contribution in [3.8, 4) is 5.75 Å². The van der Waals surface area contributed by atoms with Crippen molar-refractivity contribution in [2.45, 2.75) is 19.1 Å². The SMILES string of the molecule is COC(=O)C[C@H](OCc1ccc(OC)cc1)C(=O)Nc1ccccc1. The Hall–Kier alpha value is -2.86. The Morgan fingerprint density at radius 3 is 2.28 bits per heavy atom. The summed E-state index contributed by atoms with van der Waals surface area (Å²) in [5.74, 6) is -0.176. The fourth-order valence-corrected chi connectivity index (χ4v) is 2.12. The van der Waals surface area contributed by atoms with E-state index in [0.717, 1.165) is 11.3 Å². The molecule has 132 valence electrons. The Labute approximate surface area is 146 Å².